The highest BCUT2D eigenvalue weighted by Crippen LogP contribution is 2.20. The first kappa shape index (κ1) is 16.2. The number of carbonyl (C=O) groups is 1. The van der Waals surface area contributed by atoms with Gasteiger partial charge in [0.1, 0.15) is 10.6 Å². The summed E-state index contributed by atoms with van der Waals surface area (Å²) in [5.74, 6) is 0. The lowest BCUT2D eigenvalue weighted by Crippen LogP contribution is -2.49. The van der Waals surface area contributed by atoms with Crippen molar-refractivity contribution in [1.29, 1.82) is 0 Å². The van der Waals surface area contributed by atoms with Gasteiger partial charge in [-0.15, -0.1) is 11.3 Å². The van der Waals surface area contributed by atoms with Crippen molar-refractivity contribution in [3.8, 4) is 0 Å². The topological polar surface area (TPSA) is 54.5 Å². The molecule has 2 atom stereocenters. The summed E-state index contributed by atoms with van der Waals surface area (Å²) in [5.41, 5.74) is -0.439. The fourth-order valence-corrected chi connectivity index (χ4v) is 3.13. The van der Waals surface area contributed by atoms with Crippen molar-refractivity contribution < 1.29 is 9.53 Å². The summed E-state index contributed by atoms with van der Waals surface area (Å²) in [6.07, 6.45) is 3.69. The predicted molar refractivity (Wildman–Crippen MR) is 84.5 cm³/mol. The zero-order valence-electron chi connectivity index (χ0n) is 13.3. The van der Waals surface area contributed by atoms with Gasteiger partial charge in [0.25, 0.3) is 0 Å². The van der Waals surface area contributed by atoms with Crippen LogP contribution in [0.25, 0.3) is 0 Å². The maximum atomic E-state index is 12.1. The Balaban J connectivity index is 1.87. The van der Waals surface area contributed by atoms with Crippen LogP contribution in [0.3, 0.4) is 0 Å². The molecule has 0 bridgehead atoms. The lowest BCUT2D eigenvalue weighted by atomic mass is 10.1. The van der Waals surface area contributed by atoms with Gasteiger partial charge in [-0.3, -0.25) is 0 Å². The molecule has 0 saturated carbocycles. The van der Waals surface area contributed by atoms with E-state index in [-0.39, 0.29) is 12.1 Å². The fourth-order valence-electron chi connectivity index (χ4n) is 2.48. The summed E-state index contributed by atoms with van der Waals surface area (Å²) in [4.78, 5) is 18.3. The number of hydrogen-bond acceptors (Lipinski definition) is 5. The van der Waals surface area contributed by atoms with E-state index in [9.17, 15) is 4.79 Å². The predicted octanol–water partition coefficient (Wildman–Crippen LogP) is 3.19. The number of hydrogen-bond donors (Lipinski definition) is 1. The lowest BCUT2D eigenvalue weighted by molar-refractivity contribution is 0.0184. The molecule has 1 N–H and O–H groups in total. The summed E-state index contributed by atoms with van der Waals surface area (Å²) < 4.78 is 5.45. The maximum Gasteiger partial charge on any atom is 0.410 e. The molecule has 21 heavy (non-hydrogen) atoms. The molecule has 0 aromatic carbocycles. The molecule has 118 valence electrons. The van der Waals surface area contributed by atoms with Crippen LogP contribution in [0.5, 0.6) is 0 Å². The molecular weight excluding hydrogens is 286 g/mol. The molecule has 1 aromatic heterocycles. The zero-order valence-corrected chi connectivity index (χ0v) is 14.1. The SMILES string of the molecule is CC(N[C@@H]1CCCN(C(=O)OC(C)(C)C)C1)c1nccs1. The Bertz CT molecular complexity index is 456. The van der Waals surface area contributed by atoms with E-state index >= 15 is 0 Å². The molecule has 2 heterocycles. The van der Waals surface area contributed by atoms with E-state index in [0.29, 0.717) is 12.6 Å². The summed E-state index contributed by atoms with van der Waals surface area (Å²) >= 11 is 1.66. The molecule has 1 aliphatic heterocycles. The van der Waals surface area contributed by atoms with Crippen LogP contribution in [-0.2, 0) is 4.74 Å². The van der Waals surface area contributed by atoms with E-state index in [2.05, 4.69) is 17.2 Å². The number of likely N-dealkylation sites (tertiary alicyclic amines) is 1. The number of carbonyl (C=O) groups excluding carboxylic acids is 1. The Morgan fingerprint density at radius 2 is 2.33 bits per heavy atom. The molecule has 0 aliphatic carbocycles. The molecular formula is C15H25N3O2S. The number of thiazole rings is 1. The molecule has 5 nitrogen and oxygen atoms in total. The Morgan fingerprint density at radius 1 is 1.57 bits per heavy atom. The number of aromatic nitrogens is 1. The third-order valence-corrected chi connectivity index (χ3v) is 4.34. The lowest BCUT2D eigenvalue weighted by Gasteiger charge is -2.35. The maximum absolute atomic E-state index is 12.1. The normalized spacial score (nSPS) is 21.1. The highest BCUT2D eigenvalue weighted by Gasteiger charge is 2.28. The van der Waals surface area contributed by atoms with Crippen LogP contribution in [0, 0.1) is 0 Å². The molecule has 0 spiro atoms. The van der Waals surface area contributed by atoms with Gasteiger partial charge in [0.2, 0.25) is 0 Å². The van der Waals surface area contributed by atoms with E-state index in [0.717, 1.165) is 24.4 Å². The van der Waals surface area contributed by atoms with Crippen LogP contribution in [0.4, 0.5) is 4.79 Å². The summed E-state index contributed by atoms with van der Waals surface area (Å²) in [6, 6.07) is 0.513. The van der Waals surface area contributed by atoms with Crippen LogP contribution in [0.2, 0.25) is 0 Å². The van der Waals surface area contributed by atoms with Crippen molar-refractivity contribution in [2.45, 2.75) is 58.2 Å². The van der Waals surface area contributed by atoms with Gasteiger partial charge in [-0.1, -0.05) is 0 Å². The van der Waals surface area contributed by atoms with Crippen molar-refractivity contribution in [1.82, 2.24) is 15.2 Å². The first-order chi connectivity index (χ1) is 9.85. The molecule has 1 amide bonds. The highest BCUT2D eigenvalue weighted by molar-refractivity contribution is 7.09. The molecule has 2 rings (SSSR count). The summed E-state index contributed by atoms with van der Waals surface area (Å²) in [6.45, 7) is 9.29. The van der Waals surface area contributed by atoms with Crippen LogP contribution >= 0.6 is 11.3 Å². The minimum atomic E-state index is -0.439. The Kier molecular flexibility index (Phi) is 5.22. The van der Waals surface area contributed by atoms with Crippen LogP contribution in [-0.4, -0.2) is 40.7 Å². The molecule has 1 aromatic rings. The minimum Gasteiger partial charge on any atom is -0.444 e. The average Bonchev–Trinajstić information content (AvgIpc) is 2.91. The number of piperidine rings is 1. The molecule has 0 radical (unpaired) electrons. The molecule has 6 heteroatoms. The quantitative estimate of drug-likeness (QED) is 0.931. The van der Waals surface area contributed by atoms with Gasteiger partial charge in [-0.05, 0) is 40.5 Å². The van der Waals surface area contributed by atoms with Crippen molar-refractivity contribution in [3.05, 3.63) is 16.6 Å². The van der Waals surface area contributed by atoms with Gasteiger partial charge in [-0.2, -0.15) is 0 Å². The van der Waals surface area contributed by atoms with Gasteiger partial charge in [0.15, 0.2) is 0 Å². The number of rotatable bonds is 3. The molecule has 1 saturated heterocycles. The van der Waals surface area contributed by atoms with E-state index in [1.165, 1.54) is 0 Å². The van der Waals surface area contributed by atoms with Gasteiger partial charge in [0, 0.05) is 30.7 Å². The largest absolute Gasteiger partial charge is 0.444 e. The monoisotopic (exact) mass is 311 g/mol. The molecule has 1 aliphatic rings. The van der Waals surface area contributed by atoms with E-state index < -0.39 is 5.60 Å². The first-order valence-electron chi connectivity index (χ1n) is 7.48. The van der Waals surface area contributed by atoms with Crippen LogP contribution in [0.15, 0.2) is 11.6 Å². The second-order valence-electron chi connectivity index (χ2n) is 6.52. The van der Waals surface area contributed by atoms with E-state index in [1.54, 1.807) is 16.2 Å². The third kappa shape index (κ3) is 4.97. The average molecular weight is 311 g/mol. The molecule has 1 fully saturated rings. The third-order valence-electron chi connectivity index (χ3n) is 3.38. The van der Waals surface area contributed by atoms with Crippen molar-refractivity contribution in [2.24, 2.45) is 0 Å². The Labute approximate surface area is 130 Å². The first-order valence-corrected chi connectivity index (χ1v) is 8.36. The fraction of sp³-hybridized carbons (Fsp3) is 0.733. The van der Waals surface area contributed by atoms with Crippen molar-refractivity contribution >= 4 is 17.4 Å². The van der Waals surface area contributed by atoms with Crippen LogP contribution < -0.4 is 5.32 Å². The number of nitrogens with zero attached hydrogens (tertiary/aromatic N) is 2. The van der Waals surface area contributed by atoms with Gasteiger partial charge in [-0.25, -0.2) is 9.78 Å². The summed E-state index contributed by atoms with van der Waals surface area (Å²) in [7, 11) is 0. The Morgan fingerprint density at radius 3 is 2.95 bits per heavy atom. The van der Waals surface area contributed by atoms with Gasteiger partial charge >= 0.3 is 6.09 Å². The summed E-state index contributed by atoms with van der Waals surface area (Å²) in [5, 5.41) is 6.64. The minimum absolute atomic E-state index is 0.212. The smallest absolute Gasteiger partial charge is 0.410 e. The standard InChI is InChI=1S/C15H25N3O2S/c1-11(13-16-7-9-21-13)17-12-6-5-8-18(10-12)14(19)20-15(2,3)4/h7,9,11-12,17H,5-6,8,10H2,1-4H3/t11?,12-/m1/s1. The second kappa shape index (κ2) is 6.75. The second-order valence-corrected chi connectivity index (χ2v) is 7.45. The Hall–Kier alpha value is -1.14. The van der Waals surface area contributed by atoms with E-state index in [4.69, 9.17) is 4.74 Å². The van der Waals surface area contributed by atoms with Gasteiger partial charge < -0.3 is 15.0 Å². The van der Waals surface area contributed by atoms with Crippen molar-refractivity contribution in [3.63, 3.8) is 0 Å². The highest BCUT2D eigenvalue weighted by atomic mass is 32.1. The number of nitrogens with one attached hydrogen (secondary N) is 1. The van der Waals surface area contributed by atoms with E-state index in [1.807, 2.05) is 32.3 Å². The number of amides is 1. The number of ether oxygens (including phenoxy) is 1. The zero-order chi connectivity index (χ0) is 15.5. The van der Waals surface area contributed by atoms with Crippen molar-refractivity contribution in [2.75, 3.05) is 13.1 Å². The van der Waals surface area contributed by atoms with Crippen LogP contribution in [0.1, 0.15) is 51.6 Å². The van der Waals surface area contributed by atoms with Gasteiger partial charge in [0.05, 0.1) is 6.04 Å². The molecule has 1 unspecified atom stereocenters.